The highest BCUT2D eigenvalue weighted by atomic mass is 16.1. The van der Waals surface area contributed by atoms with E-state index in [1.165, 1.54) is 18.4 Å². The van der Waals surface area contributed by atoms with Gasteiger partial charge in [-0.05, 0) is 63.3 Å². The molecule has 3 aromatic rings. The van der Waals surface area contributed by atoms with Crippen molar-refractivity contribution >= 4 is 11.0 Å². The van der Waals surface area contributed by atoms with Crippen LogP contribution in [0.5, 0.6) is 0 Å². The molecule has 0 bridgehead atoms. The van der Waals surface area contributed by atoms with Crippen LogP contribution < -0.4 is 5.69 Å². The third-order valence-electron chi connectivity index (χ3n) is 7.63. The van der Waals surface area contributed by atoms with E-state index in [1.54, 1.807) is 0 Å². The monoisotopic (exact) mass is 419 g/mol. The van der Waals surface area contributed by atoms with Crippen LogP contribution in [-0.4, -0.2) is 56.6 Å². The minimum Gasteiger partial charge on any atom is -0.306 e. The number of nitrogens with zero attached hydrogens (tertiary/aromatic N) is 4. The SMILES string of the molecule is CC(C)(c1cccnc1)N1CCC(N2CCC(n3c(=O)[nH]c4ccccc43)CC2)CC1. The van der Waals surface area contributed by atoms with Gasteiger partial charge in [-0.25, -0.2) is 4.79 Å². The van der Waals surface area contributed by atoms with Gasteiger partial charge in [0.05, 0.1) is 11.0 Å². The Hall–Kier alpha value is -2.44. The van der Waals surface area contributed by atoms with Crippen molar-refractivity contribution in [1.82, 2.24) is 24.3 Å². The summed E-state index contributed by atoms with van der Waals surface area (Å²) in [4.78, 5) is 25.2. The number of benzene rings is 1. The van der Waals surface area contributed by atoms with Crippen molar-refractivity contribution in [3.05, 3.63) is 64.8 Å². The zero-order valence-corrected chi connectivity index (χ0v) is 18.6. The quantitative estimate of drug-likeness (QED) is 0.700. The molecule has 6 heteroatoms. The zero-order valence-electron chi connectivity index (χ0n) is 18.6. The van der Waals surface area contributed by atoms with E-state index in [1.807, 2.05) is 41.2 Å². The molecule has 2 saturated heterocycles. The molecule has 5 rings (SSSR count). The van der Waals surface area contributed by atoms with Crippen molar-refractivity contribution in [2.45, 2.75) is 57.2 Å². The Kier molecular flexibility index (Phi) is 5.44. The van der Waals surface area contributed by atoms with Gasteiger partial charge in [0, 0.05) is 56.2 Å². The standard InChI is InChI=1S/C25H33N5O/c1-25(2,19-6-5-13-26-18-19)29-16-11-20(12-17-29)28-14-9-21(10-15-28)30-23-8-4-3-7-22(23)27-24(30)31/h3-8,13,18,20-21H,9-12,14-17H2,1-2H3,(H,27,31). The summed E-state index contributed by atoms with van der Waals surface area (Å²) in [6.07, 6.45) is 8.36. The Labute approximate surface area is 183 Å². The summed E-state index contributed by atoms with van der Waals surface area (Å²) < 4.78 is 1.99. The number of para-hydroxylation sites is 2. The van der Waals surface area contributed by atoms with E-state index >= 15 is 0 Å². The van der Waals surface area contributed by atoms with Gasteiger partial charge in [-0.15, -0.1) is 0 Å². The molecule has 4 heterocycles. The van der Waals surface area contributed by atoms with Crippen molar-refractivity contribution in [2.24, 2.45) is 0 Å². The molecular formula is C25H33N5O. The molecule has 2 fully saturated rings. The maximum Gasteiger partial charge on any atom is 0.326 e. The van der Waals surface area contributed by atoms with Crippen LogP contribution in [0, 0.1) is 0 Å². The van der Waals surface area contributed by atoms with Crippen molar-refractivity contribution in [1.29, 1.82) is 0 Å². The number of aromatic nitrogens is 3. The number of H-pyrrole nitrogens is 1. The van der Waals surface area contributed by atoms with Gasteiger partial charge in [-0.2, -0.15) is 0 Å². The van der Waals surface area contributed by atoms with E-state index in [0.29, 0.717) is 12.1 Å². The number of fused-ring (bicyclic) bond motifs is 1. The van der Waals surface area contributed by atoms with Crippen LogP contribution in [0.2, 0.25) is 0 Å². The predicted octanol–water partition coefficient (Wildman–Crippen LogP) is 3.76. The minimum atomic E-state index is 0.0166. The average Bonchev–Trinajstić information content (AvgIpc) is 3.15. The molecule has 0 radical (unpaired) electrons. The van der Waals surface area contributed by atoms with Crippen molar-refractivity contribution in [3.63, 3.8) is 0 Å². The lowest BCUT2D eigenvalue weighted by molar-refractivity contribution is 0.0343. The Morgan fingerprint density at radius 1 is 0.935 bits per heavy atom. The second-order valence-corrected chi connectivity index (χ2v) is 9.60. The van der Waals surface area contributed by atoms with Crippen molar-refractivity contribution < 1.29 is 0 Å². The molecule has 0 saturated carbocycles. The van der Waals surface area contributed by atoms with Gasteiger partial charge in [-0.1, -0.05) is 18.2 Å². The molecule has 2 aromatic heterocycles. The van der Waals surface area contributed by atoms with Gasteiger partial charge in [0.2, 0.25) is 0 Å². The molecule has 164 valence electrons. The third kappa shape index (κ3) is 3.83. The maximum atomic E-state index is 12.6. The number of aromatic amines is 1. The Morgan fingerprint density at radius 2 is 1.65 bits per heavy atom. The second kappa shape index (κ2) is 8.24. The Bertz CT molecular complexity index is 1070. The van der Waals surface area contributed by atoms with Gasteiger partial charge < -0.3 is 9.88 Å². The number of rotatable bonds is 4. The maximum absolute atomic E-state index is 12.6. The Morgan fingerprint density at radius 3 is 2.35 bits per heavy atom. The lowest BCUT2D eigenvalue weighted by Gasteiger charge is -2.46. The van der Waals surface area contributed by atoms with E-state index in [0.717, 1.165) is 50.1 Å². The summed E-state index contributed by atoms with van der Waals surface area (Å²) in [5, 5.41) is 0. The molecule has 2 aliphatic heterocycles. The molecule has 1 aromatic carbocycles. The molecule has 0 atom stereocenters. The molecule has 31 heavy (non-hydrogen) atoms. The van der Waals surface area contributed by atoms with E-state index in [4.69, 9.17) is 0 Å². The number of likely N-dealkylation sites (tertiary alicyclic amines) is 2. The number of hydrogen-bond acceptors (Lipinski definition) is 4. The van der Waals surface area contributed by atoms with Crippen molar-refractivity contribution in [3.8, 4) is 0 Å². The first-order valence-corrected chi connectivity index (χ1v) is 11.6. The summed E-state index contributed by atoms with van der Waals surface area (Å²) in [6.45, 7) is 9.02. The van der Waals surface area contributed by atoms with E-state index < -0.39 is 0 Å². The largest absolute Gasteiger partial charge is 0.326 e. The van der Waals surface area contributed by atoms with Crippen LogP contribution in [0.4, 0.5) is 0 Å². The number of piperidine rings is 2. The lowest BCUT2D eigenvalue weighted by atomic mass is 9.89. The van der Waals surface area contributed by atoms with Gasteiger partial charge in [0.15, 0.2) is 0 Å². The van der Waals surface area contributed by atoms with Crippen LogP contribution >= 0.6 is 0 Å². The highest BCUT2D eigenvalue weighted by Crippen LogP contribution is 2.33. The van der Waals surface area contributed by atoms with E-state index in [-0.39, 0.29) is 11.2 Å². The molecule has 0 spiro atoms. The third-order valence-corrected chi connectivity index (χ3v) is 7.63. The summed E-state index contributed by atoms with van der Waals surface area (Å²) in [5.74, 6) is 0. The van der Waals surface area contributed by atoms with Crippen molar-refractivity contribution in [2.75, 3.05) is 26.2 Å². The topological polar surface area (TPSA) is 57.2 Å². The fraction of sp³-hybridized carbons (Fsp3) is 0.520. The first-order valence-electron chi connectivity index (χ1n) is 11.6. The highest BCUT2D eigenvalue weighted by Gasteiger charge is 2.35. The van der Waals surface area contributed by atoms with Crippen LogP contribution in [0.3, 0.4) is 0 Å². The first kappa shape index (κ1) is 20.5. The molecule has 0 amide bonds. The van der Waals surface area contributed by atoms with Crippen LogP contribution in [0.25, 0.3) is 11.0 Å². The molecule has 2 aliphatic rings. The van der Waals surface area contributed by atoms with Gasteiger partial charge in [-0.3, -0.25) is 14.5 Å². The molecule has 0 aliphatic carbocycles. The summed E-state index contributed by atoms with van der Waals surface area (Å²) >= 11 is 0. The molecule has 0 unspecified atom stereocenters. The fourth-order valence-electron chi connectivity index (χ4n) is 5.64. The predicted molar refractivity (Wildman–Crippen MR) is 124 cm³/mol. The second-order valence-electron chi connectivity index (χ2n) is 9.60. The van der Waals surface area contributed by atoms with Gasteiger partial charge in [0.1, 0.15) is 0 Å². The summed E-state index contributed by atoms with van der Waals surface area (Å²) in [7, 11) is 0. The van der Waals surface area contributed by atoms with Gasteiger partial charge in [0.25, 0.3) is 0 Å². The lowest BCUT2D eigenvalue weighted by Crippen LogP contribution is -2.52. The Balaban J connectivity index is 1.20. The normalized spacial score (nSPS) is 20.5. The first-order chi connectivity index (χ1) is 15.0. The molecule has 6 nitrogen and oxygen atoms in total. The van der Waals surface area contributed by atoms with Gasteiger partial charge >= 0.3 is 5.69 Å². The van der Waals surface area contributed by atoms with E-state index in [9.17, 15) is 4.79 Å². The molecular weight excluding hydrogens is 386 g/mol. The highest BCUT2D eigenvalue weighted by molar-refractivity contribution is 5.75. The van der Waals surface area contributed by atoms with E-state index in [2.05, 4.69) is 45.7 Å². The van der Waals surface area contributed by atoms with Crippen LogP contribution in [0.15, 0.2) is 53.6 Å². The number of imidazole rings is 1. The summed E-state index contributed by atoms with van der Waals surface area (Å²) in [6, 6.07) is 13.2. The number of nitrogens with one attached hydrogen (secondary N) is 1. The number of hydrogen-bond donors (Lipinski definition) is 1. The van der Waals surface area contributed by atoms with Crippen LogP contribution in [0.1, 0.15) is 51.1 Å². The van der Waals surface area contributed by atoms with Crippen LogP contribution in [-0.2, 0) is 5.54 Å². The zero-order chi connectivity index (χ0) is 21.4. The molecule has 1 N–H and O–H groups in total. The number of pyridine rings is 1. The summed E-state index contributed by atoms with van der Waals surface area (Å²) in [5.41, 5.74) is 3.32. The smallest absolute Gasteiger partial charge is 0.306 e. The average molecular weight is 420 g/mol. The minimum absolute atomic E-state index is 0.0166. The fourth-order valence-corrected chi connectivity index (χ4v) is 5.64.